The van der Waals surface area contributed by atoms with Crippen molar-refractivity contribution < 1.29 is 13.2 Å². The molecule has 2 aromatic carbocycles. The fourth-order valence-electron chi connectivity index (χ4n) is 2.51. The number of rotatable bonds is 7. The number of halogens is 3. The minimum Gasteiger partial charge on any atom is -0.325 e. The number of nitrogens with zero attached hydrogens (tertiary/aromatic N) is 1. The van der Waals surface area contributed by atoms with Gasteiger partial charge in [-0.1, -0.05) is 40.9 Å². The molecule has 0 atom stereocenters. The predicted octanol–water partition coefficient (Wildman–Crippen LogP) is 5.14. The van der Waals surface area contributed by atoms with Gasteiger partial charge >= 0.3 is 0 Å². The van der Waals surface area contributed by atoms with Gasteiger partial charge in [0.15, 0.2) is 0 Å². The highest BCUT2D eigenvalue weighted by Crippen LogP contribution is 2.27. The van der Waals surface area contributed by atoms with E-state index < -0.39 is 10.0 Å². The first-order valence-electron chi connectivity index (χ1n) is 8.06. The summed E-state index contributed by atoms with van der Waals surface area (Å²) in [4.78, 5) is 12.2. The van der Waals surface area contributed by atoms with Crippen LogP contribution in [0.3, 0.4) is 0 Å². The summed E-state index contributed by atoms with van der Waals surface area (Å²) in [6.07, 6.45) is 1.57. The van der Waals surface area contributed by atoms with Gasteiger partial charge in [0.05, 0.1) is 22.7 Å². The van der Waals surface area contributed by atoms with Crippen molar-refractivity contribution in [2.45, 2.75) is 19.8 Å². The Kier molecular flexibility index (Phi) is 7.40. The van der Waals surface area contributed by atoms with Crippen molar-refractivity contribution in [3.63, 3.8) is 0 Å². The van der Waals surface area contributed by atoms with E-state index in [1.165, 1.54) is 4.31 Å². The summed E-state index contributed by atoms with van der Waals surface area (Å²) in [5.74, 6) is -0.282. The van der Waals surface area contributed by atoms with Crippen LogP contribution in [0.5, 0.6) is 0 Å². The highest BCUT2D eigenvalue weighted by Gasteiger charge is 2.20. The second kappa shape index (κ2) is 9.15. The van der Waals surface area contributed by atoms with Crippen LogP contribution in [0.4, 0.5) is 11.4 Å². The van der Waals surface area contributed by atoms with E-state index in [0.29, 0.717) is 32.9 Å². The van der Waals surface area contributed by atoms with Gasteiger partial charge in [-0.3, -0.25) is 9.10 Å². The largest absolute Gasteiger partial charge is 0.325 e. The van der Waals surface area contributed by atoms with Crippen LogP contribution in [0, 0.1) is 6.92 Å². The summed E-state index contributed by atoms with van der Waals surface area (Å²) in [5, 5.41) is 3.95. The number of anilines is 2. The molecule has 0 radical (unpaired) electrons. The molecule has 0 bridgehead atoms. The molecule has 0 aliphatic heterocycles. The molecule has 0 saturated heterocycles. The zero-order valence-electron chi connectivity index (χ0n) is 14.8. The minimum absolute atomic E-state index is 0.120. The summed E-state index contributed by atoms with van der Waals surface area (Å²) in [6, 6.07) is 9.82. The number of sulfonamides is 1. The molecule has 146 valence electrons. The Bertz CT molecular complexity index is 949. The molecule has 2 rings (SSSR count). The maximum absolute atomic E-state index is 12.2. The van der Waals surface area contributed by atoms with Gasteiger partial charge in [-0.2, -0.15) is 0 Å². The van der Waals surface area contributed by atoms with Crippen LogP contribution in [0.15, 0.2) is 36.4 Å². The van der Waals surface area contributed by atoms with Crippen LogP contribution < -0.4 is 9.62 Å². The van der Waals surface area contributed by atoms with E-state index >= 15 is 0 Å². The Balaban J connectivity index is 2.05. The molecule has 0 aromatic heterocycles. The van der Waals surface area contributed by atoms with Crippen LogP contribution in [0.1, 0.15) is 18.4 Å². The lowest BCUT2D eigenvalue weighted by Crippen LogP contribution is -2.32. The van der Waals surface area contributed by atoms with Gasteiger partial charge in [0.1, 0.15) is 0 Å². The maximum atomic E-state index is 12.2. The predicted molar refractivity (Wildman–Crippen MR) is 113 cm³/mol. The number of carbonyl (C=O) groups excluding carboxylic acids is 1. The van der Waals surface area contributed by atoms with E-state index in [9.17, 15) is 13.2 Å². The zero-order valence-corrected chi connectivity index (χ0v) is 17.9. The topological polar surface area (TPSA) is 66.5 Å². The van der Waals surface area contributed by atoms with Crippen molar-refractivity contribution in [3.05, 3.63) is 57.0 Å². The number of aryl methyl sites for hydroxylation is 1. The van der Waals surface area contributed by atoms with Gasteiger partial charge in [-0.25, -0.2) is 8.42 Å². The smallest absolute Gasteiger partial charge is 0.232 e. The van der Waals surface area contributed by atoms with Crippen LogP contribution in [-0.4, -0.2) is 27.1 Å². The monoisotopic (exact) mass is 448 g/mol. The van der Waals surface area contributed by atoms with E-state index in [1.807, 2.05) is 0 Å². The SMILES string of the molecule is Cc1ccc(Cl)cc1N(CCCC(=O)Nc1cc(Cl)ccc1Cl)S(C)(=O)=O. The van der Waals surface area contributed by atoms with Crippen LogP contribution >= 0.6 is 34.8 Å². The average molecular weight is 450 g/mol. The molecule has 1 N–H and O–H groups in total. The van der Waals surface area contributed by atoms with Gasteiger partial charge in [-0.05, 0) is 49.2 Å². The number of hydrogen-bond donors (Lipinski definition) is 1. The fourth-order valence-corrected chi connectivity index (χ4v) is 4.02. The number of hydrogen-bond acceptors (Lipinski definition) is 3. The van der Waals surface area contributed by atoms with Gasteiger partial charge in [0.2, 0.25) is 15.9 Å². The first-order valence-corrected chi connectivity index (χ1v) is 11.0. The molecule has 0 heterocycles. The minimum atomic E-state index is -3.52. The van der Waals surface area contributed by atoms with E-state index in [4.69, 9.17) is 34.8 Å². The second-order valence-corrected chi connectivity index (χ2v) is 9.23. The lowest BCUT2D eigenvalue weighted by Gasteiger charge is -2.24. The Morgan fingerprint density at radius 1 is 1.07 bits per heavy atom. The second-order valence-electron chi connectivity index (χ2n) is 6.04. The first kappa shape index (κ1) is 21.8. The Morgan fingerprint density at radius 3 is 2.37 bits per heavy atom. The molecule has 0 fully saturated rings. The van der Waals surface area contributed by atoms with Crippen molar-refractivity contribution in [1.82, 2.24) is 0 Å². The van der Waals surface area contributed by atoms with Gasteiger partial charge in [-0.15, -0.1) is 0 Å². The third-order valence-electron chi connectivity index (χ3n) is 3.81. The summed E-state index contributed by atoms with van der Waals surface area (Å²) < 4.78 is 25.6. The van der Waals surface area contributed by atoms with Crippen molar-refractivity contribution in [2.75, 3.05) is 22.4 Å². The molecule has 0 aliphatic rings. The summed E-state index contributed by atoms with van der Waals surface area (Å²) in [6.45, 7) is 1.95. The lowest BCUT2D eigenvalue weighted by molar-refractivity contribution is -0.116. The molecular weight excluding hydrogens is 431 g/mol. The number of benzene rings is 2. The molecule has 0 aliphatic carbocycles. The van der Waals surface area contributed by atoms with Crippen molar-refractivity contribution in [2.24, 2.45) is 0 Å². The highest BCUT2D eigenvalue weighted by atomic mass is 35.5. The number of carbonyl (C=O) groups is 1. The highest BCUT2D eigenvalue weighted by molar-refractivity contribution is 7.92. The maximum Gasteiger partial charge on any atom is 0.232 e. The molecule has 2 aromatic rings. The van der Waals surface area contributed by atoms with E-state index in [0.717, 1.165) is 11.8 Å². The van der Waals surface area contributed by atoms with Crippen molar-refractivity contribution in [1.29, 1.82) is 0 Å². The molecule has 1 amide bonds. The van der Waals surface area contributed by atoms with E-state index in [2.05, 4.69) is 5.32 Å². The Labute approximate surface area is 174 Å². The molecule has 9 heteroatoms. The van der Waals surface area contributed by atoms with E-state index in [-0.39, 0.29) is 18.9 Å². The Hall–Kier alpha value is -1.47. The number of nitrogens with one attached hydrogen (secondary N) is 1. The third kappa shape index (κ3) is 6.28. The molecule has 0 spiro atoms. The van der Waals surface area contributed by atoms with Crippen LogP contribution in [0.25, 0.3) is 0 Å². The van der Waals surface area contributed by atoms with Crippen LogP contribution in [0.2, 0.25) is 15.1 Å². The quantitative estimate of drug-likeness (QED) is 0.636. The number of amides is 1. The molecule has 0 unspecified atom stereocenters. The first-order chi connectivity index (χ1) is 12.6. The average Bonchev–Trinajstić information content (AvgIpc) is 2.56. The molecule has 0 saturated carbocycles. The van der Waals surface area contributed by atoms with Crippen LogP contribution in [-0.2, 0) is 14.8 Å². The van der Waals surface area contributed by atoms with Crippen molar-refractivity contribution >= 4 is 62.1 Å². The Morgan fingerprint density at radius 2 is 1.70 bits per heavy atom. The van der Waals surface area contributed by atoms with Gasteiger partial charge in [0, 0.05) is 23.0 Å². The fraction of sp³-hybridized carbons (Fsp3) is 0.278. The van der Waals surface area contributed by atoms with Crippen molar-refractivity contribution in [3.8, 4) is 0 Å². The van der Waals surface area contributed by atoms with Gasteiger partial charge < -0.3 is 5.32 Å². The lowest BCUT2D eigenvalue weighted by atomic mass is 10.2. The normalized spacial score (nSPS) is 11.3. The summed E-state index contributed by atoms with van der Waals surface area (Å²) >= 11 is 17.9. The standard InChI is InChI=1S/C18H19Cl3N2O3S/c1-12-5-6-14(20)11-17(12)23(27(2,25)26)9-3-4-18(24)22-16-10-13(19)7-8-15(16)21/h5-8,10-11H,3-4,9H2,1-2H3,(H,22,24). The zero-order chi connectivity index (χ0) is 20.2. The molecule has 5 nitrogen and oxygen atoms in total. The molecular formula is C18H19Cl3N2O3S. The van der Waals surface area contributed by atoms with Gasteiger partial charge in [0.25, 0.3) is 0 Å². The third-order valence-corrected chi connectivity index (χ3v) is 5.79. The van der Waals surface area contributed by atoms with E-state index in [1.54, 1.807) is 43.3 Å². The summed E-state index contributed by atoms with van der Waals surface area (Å²) in [7, 11) is -3.52. The summed E-state index contributed by atoms with van der Waals surface area (Å²) in [5.41, 5.74) is 1.70. The molecule has 27 heavy (non-hydrogen) atoms.